The van der Waals surface area contributed by atoms with E-state index in [1.54, 1.807) is 17.7 Å². The number of carbonyl (C=O) groups is 3. The molecule has 6 nitrogen and oxygen atoms in total. The van der Waals surface area contributed by atoms with E-state index < -0.39 is 5.97 Å². The Morgan fingerprint density at radius 2 is 1.89 bits per heavy atom. The number of carboxylic acids is 1. The summed E-state index contributed by atoms with van der Waals surface area (Å²) in [5, 5.41) is 20.8. The molecule has 3 N–H and O–H groups in total. The number of allylic oxidation sites excluding steroid dienone is 4. The molecule has 0 heterocycles. The highest BCUT2D eigenvalue weighted by Crippen LogP contribution is 2.43. The van der Waals surface area contributed by atoms with Gasteiger partial charge in [0, 0.05) is 11.1 Å². The van der Waals surface area contributed by atoms with Crippen molar-refractivity contribution in [2.45, 2.75) is 83.6 Å². The van der Waals surface area contributed by atoms with Gasteiger partial charge in [-0.2, -0.15) is 0 Å². The molecule has 0 aromatic heterocycles. The average Bonchev–Trinajstić information content (AvgIpc) is 3.05. The zero-order valence-electron chi connectivity index (χ0n) is 21.4. The molecule has 4 aliphatic rings. The van der Waals surface area contributed by atoms with Crippen LogP contribution in [0.15, 0.2) is 47.6 Å². The van der Waals surface area contributed by atoms with Crippen molar-refractivity contribution in [1.29, 1.82) is 5.41 Å². The van der Waals surface area contributed by atoms with E-state index in [1.165, 1.54) is 12.1 Å². The predicted octanol–water partition coefficient (Wildman–Crippen LogP) is 6.13. The minimum Gasteiger partial charge on any atom is -0.478 e. The number of hydrogen-bond acceptors (Lipinski definition) is 4. The number of amides is 1. The van der Waals surface area contributed by atoms with Crippen LogP contribution in [-0.4, -0.2) is 34.0 Å². The van der Waals surface area contributed by atoms with Gasteiger partial charge in [0.2, 0.25) is 0 Å². The molecule has 192 valence electrons. The van der Waals surface area contributed by atoms with Crippen LogP contribution >= 0.6 is 0 Å². The monoisotopic (exact) mass is 490 g/mol. The molecule has 0 radical (unpaired) electrons. The number of aromatic carboxylic acids is 1. The maximum Gasteiger partial charge on any atom is 0.335 e. The lowest BCUT2D eigenvalue weighted by atomic mass is 9.67. The maximum atomic E-state index is 13.0. The fourth-order valence-corrected chi connectivity index (χ4v) is 6.34. The standard InChI is InChI=1S/C30H38N2O4/c1-19-13-21-14-22(15-21)18-30(2,17-19)32-28(34)26(31)12-10-20-5-3-6-23(11-9-20)27(33)24-7-4-8-25(16-24)29(35)36/h4,6-8,13,16,19-20,22,31H,3,5,9-12,14-15,17-18H2,1-2H3,(H,32,34)(H,35,36). The van der Waals surface area contributed by atoms with Gasteiger partial charge in [-0.05, 0) is 107 Å². The van der Waals surface area contributed by atoms with Gasteiger partial charge in [0.15, 0.2) is 5.78 Å². The zero-order valence-corrected chi connectivity index (χ0v) is 21.4. The summed E-state index contributed by atoms with van der Waals surface area (Å²) in [4.78, 5) is 37.1. The molecule has 1 aromatic rings. The maximum absolute atomic E-state index is 13.0. The van der Waals surface area contributed by atoms with Crippen LogP contribution in [0, 0.1) is 23.2 Å². The number of hydrogen-bond donors (Lipinski definition) is 3. The van der Waals surface area contributed by atoms with E-state index in [9.17, 15) is 19.5 Å². The fourth-order valence-electron chi connectivity index (χ4n) is 6.34. The molecule has 1 aromatic carbocycles. The van der Waals surface area contributed by atoms with Crippen LogP contribution in [-0.2, 0) is 4.79 Å². The Morgan fingerprint density at radius 3 is 2.64 bits per heavy atom. The lowest BCUT2D eigenvalue weighted by Crippen LogP contribution is -2.51. The smallest absolute Gasteiger partial charge is 0.335 e. The van der Waals surface area contributed by atoms with Gasteiger partial charge in [0.05, 0.1) is 11.3 Å². The summed E-state index contributed by atoms with van der Waals surface area (Å²) in [6, 6.07) is 6.19. The Morgan fingerprint density at radius 1 is 1.14 bits per heavy atom. The second-order valence-electron chi connectivity index (χ2n) is 11.4. The van der Waals surface area contributed by atoms with Crippen molar-refractivity contribution in [3.05, 3.63) is 58.7 Å². The van der Waals surface area contributed by atoms with E-state index in [1.807, 2.05) is 6.08 Å². The number of ketones is 1. The summed E-state index contributed by atoms with van der Waals surface area (Å²) in [6.07, 6.45) is 12.9. The number of carboxylic acid groups (broad SMARTS) is 1. The molecule has 3 atom stereocenters. The summed E-state index contributed by atoms with van der Waals surface area (Å²) < 4.78 is 0. The molecule has 1 fully saturated rings. The highest BCUT2D eigenvalue weighted by atomic mass is 16.4. The third-order valence-corrected chi connectivity index (χ3v) is 8.08. The van der Waals surface area contributed by atoms with Crippen LogP contribution in [0.5, 0.6) is 0 Å². The fraction of sp³-hybridized carbons (Fsp3) is 0.533. The molecule has 3 unspecified atom stereocenters. The van der Waals surface area contributed by atoms with Gasteiger partial charge in [-0.1, -0.05) is 36.8 Å². The van der Waals surface area contributed by atoms with Crippen molar-refractivity contribution in [1.82, 2.24) is 5.32 Å². The summed E-state index contributed by atoms with van der Waals surface area (Å²) in [6.45, 7) is 4.34. The van der Waals surface area contributed by atoms with Crippen molar-refractivity contribution in [3.63, 3.8) is 0 Å². The number of Topliss-reactive ketones (excluding diaryl/α,β-unsaturated/α-hetero) is 1. The molecular formula is C30H38N2O4. The molecule has 5 rings (SSSR count). The molecule has 1 amide bonds. The summed E-state index contributed by atoms with van der Waals surface area (Å²) >= 11 is 0. The second kappa shape index (κ2) is 10.9. The average molecular weight is 491 g/mol. The first-order valence-corrected chi connectivity index (χ1v) is 13.3. The summed E-state index contributed by atoms with van der Waals surface area (Å²) in [5.74, 6) is 0.0300. The number of rotatable bonds is 8. The van der Waals surface area contributed by atoms with Crippen molar-refractivity contribution >= 4 is 23.4 Å². The molecular weight excluding hydrogens is 452 g/mol. The molecule has 0 spiro atoms. The highest BCUT2D eigenvalue weighted by molar-refractivity contribution is 6.37. The van der Waals surface area contributed by atoms with Gasteiger partial charge >= 0.3 is 5.97 Å². The molecule has 6 heteroatoms. The van der Waals surface area contributed by atoms with Gasteiger partial charge < -0.3 is 10.4 Å². The topological polar surface area (TPSA) is 107 Å². The van der Waals surface area contributed by atoms with E-state index in [0.29, 0.717) is 36.2 Å². The van der Waals surface area contributed by atoms with Crippen LogP contribution in [0.3, 0.4) is 0 Å². The van der Waals surface area contributed by atoms with Gasteiger partial charge in [0.1, 0.15) is 0 Å². The molecule has 0 saturated heterocycles. The van der Waals surface area contributed by atoms with E-state index in [4.69, 9.17) is 5.41 Å². The molecule has 1 saturated carbocycles. The van der Waals surface area contributed by atoms with Crippen LogP contribution in [0.25, 0.3) is 0 Å². The van der Waals surface area contributed by atoms with Crippen LogP contribution in [0.1, 0.15) is 98.8 Å². The Hall–Kier alpha value is -3.02. The van der Waals surface area contributed by atoms with Gasteiger partial charge in [-0.3, -0.25) is 15.0 Å². The quantitative estimate of drug-likeness (QED) is 0.232. The van der Waals surface area contributed by atoms with E-state index in [-0.39, 0.29) is 28.5 Å². The van der Waals surface area contributed by atoms with Gasteiger partial charge in [-0.25, -0.2) is 4.79 Å². The Labute approximate surface area is 213 Å². The SMILES string of the molecule is CC1C=C2CC(C2)CC(C)(NC(=O)C(=N)CCC2CCC=C(C(=O)c3cccc(C(=O)O)c3)CC2)C1. The van der Waals surface area contributed by atoms with Crippen LogP contribution < -0.4 is 5.32 Å². The summed E-state index contributed by atoms with van der Waals surface area (Å²) in [7, 11) is 0. The number of fused-ring (bicyclic) bond motifs is 4. The molecule has 36 heavy (non-hydrogen) atoms. The second-order valence-corrected chi connectivity index (χ2v) is 11.4. The predicted molar refractivity (Wildman–Crippen MR) is 140 cm³/mol. The minimum atomic E-state index is -1.04. The molecule has 4 aliphatic carbocycles. The lowest BCUT2D eigenvalue weighted by molar-refractivity contribution is -0.117. The van der Waals surface area contributed by atoms with Crippen LogP contribution in [0.2, 0.25) is 0 Å². The first kappa shape index (κ1) is 26.1. The molecule has 2 bridgehead atoms. The van der Waals surface area contributed by atoms with Gasteiger partial charge in [-0.15, -0.1) is 0 Å². The van der Waals surface area contributed by atoms with Crippen molar-refractivity contribution in [3.8, 4) is 0 Å². The first-order valence-electron chi connectivity index (χ1n) is 13.3. The van der Waals surface area contributed by atoms with Crippen molar-refractivity contribution < 1.29 is 19.5 Å². The third-order valence-electron chi connectivity index (χ3n) is 8.08. The van der Waals surface area contributed by atoms with E-state index in [2.05, 4.69) is 25.2 Å². The highest BCUT2D eigenvalue weighted by Gasteiger charge is 2.38. The molecule has 0 aliphatic heterocycles. The zero-order chi connectivity index (χ0) is 25.9. The number of nitrogens with one attached hydrogen (secondary N) is 2. The Bertz CT molecular complexity index is 1110. The number of carbonyl (C=O) groups excluding carboxylic acids is 2. The Balaban J connectivity index is 1.26. The van der Waals surface area contributed by atoms with Crippen molar-refractivity contribution in [2.75, 3.05) is 0 Å². The number of benzene rings is 1. The normalized spacial score (nSPS) is 27.8. The van der Waals surface area contributed by atoms with Crippen molar-refractivity contribution in [2.24, 2.45) is 17.8 Å². The summed E-state index contributed by atoms with van der Waals surface area (Å²) in [5.41, 5.74) is 2.69. The Kier molecular flexibility index (Phi) is 7.91. The van der Waals surface area contributed by atoms with Gasteiger partial charge in [0.25, 0.3) is 5.91 Å². The van der Waals surface area contributed by atoms with E-state index in [0.717, 1.165) is 56.9 Å². The minimum absolute atomic E-state index is 0.110. The first-order chi connectivity index (χ1) is 17.1. The van der Waals surface area contributed by atoms with E-state index >= 15 is 0 Å². The lowest BCUT2D eigenvalue weighted by Gasteiger charge is -2.43. The third kappa shape index (κ3) is 6.40. The largest absolute Gasteiger partial charge is 0.478 e. The van der Waals surface area contributed by atoms with Crippen LogP contribution in [0.4, 0.5) is 0 Å².